The number of benzene rings is 2. The Kier molecular flexibility index (Phi) is 6.81. The standard InChI is InChI=1S/C18H20ClNO2S/c1-13(2)22-17-8-6-16(7-9-17)20-18(21)12-23-11-14-4-3-5-15(19)10-14/h3-10,13H,11-12H2,1-2H3,(H,20,21). The van der Waals surface area contributed by atoms with Crippen LogP contribution in [0.5, 0.6) is 5.75 Å². The van der Waals surface area contributed by atoms with Crippen molar-refractivity contribution in [2.75, 3.05) is 11.1 Å². The Balaban J connectivity index is 1.76. The molecule has 0 aromatic heterocycles. The third-order valence-corrected chi connectivity index (χ3v) is 4.14. The van der Waals surface area contributed by atoms with Gasteiger partial charge in [-0.2, -0.15) is 0 Å². The molecule has 0 bridgehead atoms. The van der Waals surface area contributed by atoms with Gasteiger partial charge in [0.05, 0.1) is 11.9 Å². The fourth-order valence-corrected chi connectivity index (χ4v) is 2.96. The number of hydrogen-bond acceptors (Lipinski definition) is 3. The first-order valence-electron chi connectivity index (χ1n) is 7.41. The van der Waals surface area contributed by atoms with Crippen LogP contribution >= 0.6 is 23.4 Å². The van der Waals surface area contributed by atoms with Crippen LogP contribution in [0.25, 0.3) is 0 Å². The molecule has 0 aliphatic carbocycles. The predicted molar refractivity (Wildman–Crippen MR) is 98.4 cm³/mol. The Hall–Kier alpha value is -1.65. The highest BCUT2D eigenvalue weighted by molar-refractivity contribution is 7.99. The van der Waals surface area contributed by atoms with E-state index in [1.54, 1.807) is 11.8 Å². The van der Waals surface area contributed by atoms with Gasteiger partial charge in [-0.15, -0.1) is 11.8 Å². The summed E-state index contributed by atoms with van der Waals surface area (Å²) in [7, 11) is 0. The average Bonchev–Trinajstić information content (AvgIpc) is 2.49. The number of hydrogen-bond donors (Lipinski definition) is 1. The molecule has 122 valence electrons. The van der Waals surface area contributed by atoms with Crippen molar-refractivity contribution in [1.82, 2.24) is 0 Å². The number of halogens is 1. The SMILES string of the molecule is CC(C)Oc1ccc(NC(=O)CSCc2cccc(Cl)c2)cc1. The first-order valence-corrected chi connectivity index (χ1v) is 8.95. The maximum atomic E-state index is 11.9. The monoisotopic (exact) mass is 349 g/mol. The summed E-state index contributed by atoms with van der Waals surface area (Å²) in [5.74, 6) is 1.94. The molecule has 23 heavy (non-hydrogen) atoms. The van der Waals surface area contributed by atoms with Crippen LogP contribution in [0, 0.1) is 0 Å². The van der Waals surface area contributed by atoms with E-state index in [1.807, 2.05) is 62.4 Å². The number of amides is 1. The lowest BCUT2D eigenvalue weighted by atomic mass is 10.2. The van der Waals surface area contributed by atoms with Crippen LogP contribution < -0.4 is 10.1 Å². The van der Waals surface area contributed by atoms with Gasteiger partial charge in [-0.05, 0) is 55.8 Å². The topological polar surface area (TPSA) is 38.3 Å². The van der Waals surface area contributed by atoms with E-state index in [0.29, 0.717) is 5.75 Å². The first-order chi connectivity index (χ1) is 11.0. The van der Waals surface area contributed by atoms with Crippen molar-refractivity contribution in [1.29, 1.82) is 0 Å². The Morgan fingerprint density at radius 1 is 1.22 bits per heavy atom. The average molecular weight is 350 g/mol. The largest absolute Gasteiger partial charge is 0.491 e. The van der Waals surface area contributed by atoms with Crippen molar-refractivity contribution in [2.24, 2.45) is 0 Å². The summed E-state index contributed by atoms with van der Waals surface area (Å²) in [6.07, 6.45) is 0.137. The quantitative estimate of drug-likeness (QED) is 0.764. The third-order valence-electron chi connectivity index (χ3n) is 2.90. The van der Waals surface area contributed by atoms with Crippen LogP contribution in [0.2, 0.25) is 5.02 Å². The van der Waals surface area contributed by atoms with Crippen molar-refractivity contribution in [3.8, 4) is 5.75 Å². The van der Waals surface area contributed by atoms with Gasteiger partial charge in [-0.3, -0.25) is 4.79 Å². The van der Waals surface area contributed by atoms with Crippen molar-refractivity contribution in [2.45, 2.75) is 25.7 Å². The molecule has 0 spiro atoms. The molecule has 0 saturated carbocycles. The van der Waals surface area contributed by atoms with Gasteiger partial charge < -0.3 is 10.1 Å². The number of thioether (sulfide) groups is 1. The molecule has 0 radical (unpaired) electrons. The minimum absolute atomic E-state index is 0.0189. The number of carbonyl (C=O) groups excluding carboxylic acids is 1. The minimum Gasteiger partial charge on any atom is -0.491 e. The van der Waals surface area contributed by atoms with Crippen LogP contribution in [0.1, 0.15) is 19.4 Å². The van der Waals surface area contributed by atoms with E-state index in [9.17, 15) is 4.79 Å². The summed E-state index contributed by atoms with van der Waals surface area (Å²) in [5.41, 5.74) is 1.89. The maximum absolute atomic E-state index is 11.9. The highest BCUT2D eigenvalue weighted by Crippen LogP contribution is 2.19. The van der Waals surface area contributed by atoms with Crippen molar-refractivity contribution >= 4 is 35.0 Å². The lowest BCUT2D eigenvalue weighted by Crippen LogP contribution is -2.14. The molecular weight excluding hydrogens is 330 g/mol. The van der Waals surface area contributed by atoms with Crippen molar-refractivity contribution in [3.63, 3.8) is 0 Å². The Morgan fingerprint density at radius 2 is 1.96 bits per heavy atom. The maximum Gasteiger partial charge on any atom is 0.234 e. The Bertz CT molecular complexity index is 644. The molecule has 1 N–H and O–H groups in total. The molecule has 5 heteroatoms. The number of nitrogens with one attached hydrogen (secondary N) is 1. The van der Waals surface area contributed by atoms with Crippen LogP contribution in [0.3, 0.4) is 0 Å². The van der Waals surface area contributed by atoms with Gasteiger partial charge in [0.2, 0.25) is 5.91 Å². The van der Waals surface area contributed by atoms with Crippen molar-refractivity contribution < 1.29 is 9.53 Å². The highest BCUT2D eigenvalue weighted by atomic mass is 35.5. The van der Waals surface area contributed by atoms with Crippen LogP contribution in [-0.4, -0.2) is 17.8 Å². The third kappa shape index (κ3) is 6.55. The molecule has 1 amide bonds. The number of rotatable bonds is 7. The lowest BCUT2D eigenvalue weighted by molar-refractivity contribution is -0.113. The smallest absolute Gasteiger partial charge is 0.234 e. The summed E-state index contributed by atoms with van der Waals surface area (Å²) in [6.45, 7) is 3.96. The molecule has 2 rings (SSSR count). The molecule has 0 heterocycles. The zero-order valence-electron chi connectivity index (χ0n) is 13.2. The van der Waals surface area contributed by atoms with Crippen LogP contribution in [0.15, 0.2) is 48.5 Å². The van der Waals surface area contributed by atoms with Gasteiger partial charge in [0.1, 0.15) is 5.75 Å². The normalized spacial score (nSPS) is 10.6. The second-order valence-corrected chi connectivity index (χ2v) is 6.78. The van der Waals surface area contributed by atoms with Gasteiger partial charge >= 0.3 is 0 Å². The molecule has 0 aliphatic rings. The minimum atomic E-state index is -0.0189. The Morgan fingerprint density at radius 3 is 2.61 bits per heavy atom. The van der Waals surface area contributed by atoms with Crippen LogP contribution in [-0.2, 0) is 10.5 Å². The van der Waals surface area contributed by atoms with Gasteiger partial charge in [0.15, 0.2) is 0 Å². The molecule has 0 atom stereocenters. The highest BCUT2D eigenvalue weighted by Gasteiger charge is 2.04. The summed E-state index contributed by atoms with van der Waals surface area (Å²) in [4.78, 5) is 11.9. The molecule has 2 aromatic carbocycles. The summed E-state index contributed by atoms with van der Waals surface area (Å²) >= 11 is 7.50. The zero-order chi connectivity index (χ0) is 16.7. The zero-order valence-corrected chi connectivity index (χ0v) is 14.8. The fraction of sp³-hybridized carbons (Fsp3) is 0.278. The van der Waals surface area contributed by atoms with Gasteiger partial charge in [-0.1, -0.05) is 23.7 Å². The summed E-state index contributed by atoms with van der Waals surface area (Å²) in [6, 6.07) is 15.1. The van der Waals surface area contributed by atoms with E-state index >= 15 is 0 Å². The molecule has 0 fully saturated rings. The molecule has 2 aromatic rings. The summed E-state index contributed by atoms with van der Waals surface area (Å²) < 4.78 is 5.57. The van der Waals surface area contributed by atoms with E-state index in [0.717, 1.165) is 27.8 Å². The van der Waals surface area contributed by atoms with E-state index in [-0.39, 0.29) is 12.0 Å². The van der Waals surface area contributed by atoms with Gasteiger partial charge in [0, 0.05) is 16.5 Å². The van der Waals surface area contributed by atoms with E-state index < -0.39 is 0 Å². The second kappa shape index (κ2) is 8.85. The first kappa shape index (κ1) is 17.7. The van der Waals surface area contributed by atoms with Crippen molar-refractivity contribution in [3.05, 3.63) is 59.1 Å². The van der Waals surface area contributed by atoms with Gasteiger partial charge in [0.25, 0.3) is 0 Å². The van der Waals surface area contributed by atoms with Gasteiger partial charge in [-0.25, -0.2) is 0 Å². The fourth-order valence-electron chi connectivity index (χ4n) is 1.97. The van der Waals surface area contributed by atoms with E-state index in [2.05, 4.69) is 5.32 Å². The molecular formula is C18H20ClNO2S. The second-order valence-electron chi connectivity index (χ2n) is 5.36. The lowest BCUT2D eigenvalue weighted by Gasteiger charge is -2.10. The molecule has 0 saturated heterocycles. The van der Waals surface area contributed by atoms with E-state index in [1.165, 1.54) is 0 Å². The predicted octanol–water partition coefficient (Wildman–Crippen LogP) is 5.00. The van der Waals surface area contributed by atoms with E-state index in [4.69, 9.17) is 16.3 Å². The Labute approximate surface area is 146 Å². The summed E-state index contributed by atoms with van der Waals surface area (Å²) in [5, 5.41) is 3.60. The molecule has 0 unspecified atom stereocenters. The van der Waals surface area contributed by atoms with Crippen LogP contribution in [0.4, 0.5) is 5.69 Å². The molecule has 0 aliphatic heterocycles. The number of ether oxygens (including phenoxy) is 1. The number of anilines is 1. The molecule has 3 nitrogen and oxygen atoms in total. The number of carbonyl (C=O) groups is 1.